The molecule has 0 aliphatic carbocycles. The van der Waals surface area contributed by atoms with Gasteiger partial charge in [0.15, 0.2) is 0 Å². The molecule has 1 fully saturated rings. The van der Waals surface area contributed by atoms with Gasteiger partial charge in [-0.25, -0.2) is 4.79 Å². The van der Waals surface area contributed by atoms with E-state index in [9.17, 15) is 22.8 Å². The van der Waals surface area contributed by atoms with Crippen LogP contribution < -0.4 is 5.32 Å². The number of hydrogen-bond donors (Lipinski definition) is 2. The highest BCUT2D eigenvalue weighted by atomic mass is 19.4. The number of benzene rings is 1. The van der Waals surface area contributed by atoms with Crippen LogP contribution >= 0.6 is 0 Å². The van der Waals surface area contributed by atoms with Crippen LogP contribution in [-0.4, -0.2) is 73.0 Å². The van der Waals surface area contributed by atoms with Crippen LogP contribution in [0.15, 0.2) is 24.3 Å². The summed E-state index contributed by atoms with van der Waals surface area (Å²) in [6.45, 7) is 4.01. The molecule has 7 nitrogen and oxygen atoms in total. The Morgan fingerprint density at radius 1 is 1.14 bits per heavy atom. The minimum atomic E-state index is -4.92. The summed E-state index contributed by atoms with van der Waals surface area (Å²) in [5.74, 6) is -1.97. The lowest BCUT2D eigenvalue weighted by molar-refractivity contribution is -0.174. The topological polar surface area (TPSA) is 82.1 Å². The summed E-state index contributed by atoms with van der Waals surface area (Å²) in [6.07, 6.45) is -5.15. The Morgan fingerprint density at radius 2 is 1.69 bits per heavy atom. The highest BCUT2D eigenvalue weighted by molar-refractivity contribution is 5.82. The Balaban J connectivity index is 2.08. The molecule has 2 rings (SSSR count). The summed E-state index contributed by atoms with van der Waals surface area (Å²) in [5, 5.41) is 11.0. The van der Waals surface area contributed by atoms with E-state index in [1.54, 1.807) is 19.2 Å². The summed E-state index contributed by atoms with van der Waals surface area (Å²) >= 11 is 0. The largest absolute Gasteiger partial charge is 0.471 e. The van der Waals surface area contributed by atoms with Crippen molar-refractivity contribution >= 4 is 12.0 Å². The van der Waals surface area contributed by atoms with Crippen LogP contribution in [0.4, 0.5) is 18.0 Å². The number of ether oxygens (including phenoxy) is 1. The smallest absolute Gasteiger partial charge is 0.465 e. The van der Waals surface area contributed by atoms with Crippen LogP contribution in [0.1, 0.15) is 36.6 Å². The number of nitrogens with zero attached hydrogens (tertiary/aromatic N) is 2. The van der Waals surface area contributed by atoms with Crippen molar-refractivity contribution in [3.63, 3.8) is 0 Å². The van der Waals surface area contributed by atoms with E-state index in [2.05, 4.69) is 4.90 Å². The Bertz CT molecular complexity index is 689. The molecule has 0 spiro atoms. The average Bonchev–Trinajstić information content (AvgIpc) is 2.68. The van der Waals surface area contributed by atoms with Crippen molar-refractivity contribution in [2.75, 3.05) is 39.9 Å². The second-order valence-corrected chi connectivity index (χ2v) is 6.96. The van der Waals surface area contributed by atoms with Gasteiger partial charge in [-0.05, 0) is 24.5 Å². The van der Waals surface area contributed by atoms with Gasteiger partial charge in [-0.15, -0.1) is 0 Å². The van der Waals surface area contributed by atoms with Crippen LogP contribution in [0.5, 0.6) is 0 Å². The van der Waals surface area contributed by atoms with E-state index in [0.717, 1.165) is 5.56 Å². The van der Waals surface area contributed by atoms with Crippen molar-refractivity contribution in [3.8, 4) is 0 Å². The van der Waals surface area contributed by atoms with E-state index in [4.69, 9.17) is 9.84 Å². The molecule has 2 atom stereocenters. The minimum absolute atomic E-state index is 0.0000160. The first-order chi connectivity index (χ1) is 13.6. The van der Waals surface area contributed by atoms with Gasteiger partial charge < -0.3 is 20.1 Å². The van der Waals surface area contributed by atoms with Gasteiger partial charge in [0, 0.05) is 45.9 Å². The van der Waals surface area contributed by atoms with Gasteiger partial charge in [0.25, 0.3) is 0 Å². The number of carbonyl (C=O) groups excluding carboxylic acids is 1. The maximum Gasteiger partial charge on any atom is 0.471 e. The Labute approximate surface area is 167 Å². The quantitative estimate of drug-likeness (QED) is 0.713. The molecule has 2 N–H and O–H groups in total. The van der Waals surface area contributed by atoms with Crippen molar-refractivity contribution in [2.24, 2.45) is 0 Å². The van der Waals surface area contributed by atoms with E-state index in [0.29, 0.717) is 44.8 Å². The van der Waals surface area contributed by atoms with Crippen molar-refractivity contribution in [3.05, 3.63) is 35.4 Å². The average molecular weight is 417 g/mol. The van der Waals surface area contributed by atoms with Gasteiger partial charge in [-0.2, -0.15) is 13.2 Å². The van der Waals surface area contributed by atoms with Crippen LogP contribution in [0, 0.1) is 0 Å². The molecule has 0 radical (unpaired) electrons. The first-order valence-corrected chi connectivity index (χ1v) is 9.32. The number of carboxylic acid groups (broad SMARTS) is 1. The highest BCUT2D eigenvalue weighted by Crippen LogP contribution is 2.27. The monoisotopic (exact) mass is 417 g/mol. The zero-order valence-electron chi connectivity index (χ0n) is 16.4. The molecule has 1 aliphatic rings. The molecule has 162 valence electrons. The fraction of sp³-hybridized carbons (Fsp3) is 0.579. The number of hydrogen-bond acceptors (Lipinski definition) is 4. The summed E-state index contributed by atoms with van der Waals surface area (Å²) in [5.41, 5.74) is 1.52. The van der Waals surface area contributed by atoms with Gasteiger partial charge in [-0.3, -0.25) is 9.69 Å². The Hall–Kier alpha value is -2.33. The fourth-order valence-electron chi connectivity index (χ4n) is 3.38. The third-order valence-electron chi connectivity index (χ3n) is 5.05. The SMILES string of the molecule is COCCC(c1ccc([C@H](C)NC(=O)C(F)(F)F)cc1)N1CCN(C(=O)O)CC1. The maximum atomic E-state index is 12.4. The van der Waals surface area contributed by atoms with Crippen LogP contribution in [0.25, 0.3) is 0 Å². The highest BCUT2D eigenvalue weighted by Gasteiger charge is 2.39. The molecular weight excluding hydrogens is 391 g/mol. The Kier molecular flexibility index (Phi) is 7.86. The number of halogens is 3. The molecule has 1 aromatic rings. The molecule has 1 saturated heterocycles. The number of nitrogens with one attached hydrogen (secondary N) is 1. The molecule has 0 saturated carbocycles. The molecule has 29 heavy (non-hydrogen) atoms. The molecule has 0 aromatic heterocycles. The number of methoxy groups -OCH3 is 1. The third kappa shape index (κ3) is 6.33. The first kappa shape index (κ1) is 23.0. The Morgan fingerprint density at radius 3 is 2.17 bits per heavy atom. The van der Waals surface area contributed by atoms with Gasteiger partial charge in [0.1, 0.15) is 0 Å². The molecule has 10 heteroatoms. The van der Waals surface area contributed by atoms with E-state index in [-0.39, 0.29) is 6.04 Å². The third-order valence-corrected chi connectivity index (χ3v) is 5.05. The number of rotatable bonds is 7. The number of carbonyl (C=O) groups is 2. The van der Waals surface area contributed by atoms with Crippen molar-refractivity contribution < 1.29 is 32.6 Å². The van der Waals surface area contributed by atoms with E-state index in [1.165, 1.54) is 11.8 Å². The van der Waals surface area contributed by atoms with Crippen molar-refractivity contribution in [1.29, 1.82) is 0 Å². The molecule has 2 amide bonds. The number of alkyl halides is 3. The van der Waals surface area contributed by atoms with Crippen molar-refractivity contribution in [1.82, 2.24) is 15.1 Å². The van der Waals surface area contributed by atoms with E-state index >= 15 is 0 Å². The fourth-order valence-corrected chi connectivity index (χ4v) is 3.38. The second kappa shape index (κ2) is 9.93. The van der Waals surface area contributed by atoms with Gasteiger partial charge in [0.2, 0.25) is 0 Å². The zero-order valence-corrected chi connectivity index (χ0v) is 16.4. The lowest BCUT2D eigenvalue weighted by atomic mass is 9.98. The minimum Gasteiger partial charge on any atom is -0.465 e. The van der Waals surface area contributed by atoms with Gasteiger partial charge in [0.05, 0.1) is 6.04 Å². The summed E-state index contributed by atoms with van der Waals surface area (Å²) in [4.78, 5) is 25.8. The standard InChI is InChI=1S/C19H26F3N3O4/c1-13(23-17(26)19(20,21)22)14-3-5-15(6-4-14)16(7-12-29-2)24-8-10-25(11-9-24)18(27)28/h3-6,13,16H,7-12H2,1-2H3,(H,23,26)(H,27,28)/t13-,16?/m0/s1. The maximum absolute atomic E-state index is 12.4. The summed E-state index contributed by atoms with van der Waals surface area (Å²) < 4.78 is 42.5. The van der Waals surface area contributed by atoms with E-state index < -0.39 is 24.2 Å². The lowest BCUT2D eigenvalue weighted by Crippen LogP contribution is -2.49. The van der Waals surface area contributed by atoms with Crippen LogP contribution in [0.2, 0.25) is 0 Å². The zero-order chi connectivity index (χ0) is 21.6. The number of piperazine rings is 1. The predicted octanol–water partition coefficient (Wildman–Crippen LogP) is 2.80. The van der Waals surface area contributed by atoms with Crippen LogP contribution in [-0.2, 0) is 9.53 Å². The van der Waals surface area contributed by atoms with Gasteiger partial charge in [-0.1, -0.05) is 24.3 Å². The molecule has 1 aromatic carbocycles. The van der Waals surface area contributed by atoms with E-state index in [1.807, 2.05) is 17.4 Å². The predicted molar refractivity (Wildman–Crippen MR) is 99.5 cm³/mol. The lowest BCUT2D eigenvalue weighted by Gasteiger charge is -2.38. The van der Waals surface area contributed by atoms with Crippen LogP contribution in [0.3, 0.4) is 0 Å². The molecule has 1 aliphatic heterocycles. The number of amides is 2. The molecule has 0 bridgehead atoms. The summed E-state index contributed by atoms with van der Waals surface area (Å²) in [6, 6.07) is 6.27. The molecule has 1 unspecified atom stereocenters. The molecule has 1 heterocycles. The van der Waals surface area contributed by atoms with Gasteiger partial charge >= 0.3 is 18.2 Å². The first-order valence-electron chi connectivity index (χ1n) is 9.32. The normalized spacial score (nSPS) is 17.6. The molecular formula is C19H26F3N3O4. The second-order valence-electron chi connectivity index (χ2n) is 6.96. The summed E-state index contributed by atoms with van der Waals surface area (Å²) in [7, 11) is 1.60. The van der Waals surface area contributed by atoms with Crippen molar-refractivity contribution in [2.45, 2.75) is 31.6 Å².